The summed E-state index contributed by atoms with van der Waals surface area (Å²) in [5.41, 5.74) is 2.45. The number of benzene rings is 2. The van der Waals surface area contributed by atoms with E-state index in [0.717, 1.165) is 11.1 Å². The molecule has 3 rings (SSSR count). The van der Waals surface area contributed by atoms with Gasteiger partial charge in [0.2, 0.25) is 5.91 Å². The van der Waals surface area contributed by atoms with Gasteiger partial charge in [0.1, 0.15) is 11.5 Å². The number of anilines is 1. The highest BCUT2D eigenvalue weighted by Gasteiger charge is 2.25. The minimum Gasteiger partial charge on any atom is -0.497 e. The third kappa shape index (κ3) is 4.89. The zero-order valence-electron chi connectivity index (χ0n) is 16.7. The van der Waals surface area contributed by atoms with Crippen LogP contribution in [0.25, 0.3) is 11.3 Å². The standard InChI is InChI=1S/C22H23ClN2O3S/c1-13(2)20(14-5-7-15(23)8-6-14)21(26)25-22-24-18(12-29-22)17-11-16(27-3)9-10-19(17)28-4/h5-13,20H,1-4H3,(H,24,25,26). The van der Waals surface area contributed by atoms with Gasteiger partial charge in [-0.25, -0.2) is 4.98 Å². The summed E-state index contributed by atoms with van der Waals surface area (Å²) in [5, 5.41) is 6.03. The van der Waals surface area contributed by atoms with E-state index in [2.05, 4.69) is 10.3 Å². The van der Waals surface area contributed by atoms with Crippen LogP contribution in [0.15, 0.2) is 47.8 Å². The van der Waals surface area contributed by atoms with Crippen molar-refractivity contribution < 1.29 is 14.3 Å². The molecule has 0 saturated carbocycles. The molecule has 0 radical (unpaired) electrons. The first kappa shape index (κ1) is 21.1. The lowest BCUT2D eigenvalue weighted by Crippen LogP contribution is -2.25. The van der Waals surface area contributed by atoms with Crippen LogP contribution in [0.2, 0.25) is 5.02 Å². The van der Waals surface area contributed by atoms with Crippen molar-refractivity contribution in [2.24, 2.45) is 5.92 Å². The quantitative estimate of drug-likeness (QED) is 0.510. The largest absolute Gasteiger partial charge is 0.497 e. The lowest BCUT2D eigenvalue weighted by molar-refractivity contribution is -0.118. The molecule has 0 aliphatic heterocycles. The maximum atomic E-state index is 13.0. The molecule has 1 aromatic heterocycles. The molecule has 5 nitrogen and oxygen atoms in total. The molecular formula is C22H23ClN2O3S. The van der Waals surface area contributed by atoms with Gasteiger partial charge in [-0.15, -0.1) is 11.3 Å². The Morgan fingerprint density at radius 2 is 1.83 bits per heavy atom. The van der Waals surface area contributed by atoms with E-state index in [0.29, 0.717) is 27.3 Å². The van der Waals surface area contributed by atoms with Crippen LogP contribution in [0, 0.1) is 5.92 Å². The van der Waals surface area contributed by atoms with Crippen LogP contribution in [0.5, 0.6) is 11.5 Å². The second-order valence-corrected chi connectivity index (χ2v) is 8.16. The van der Waals surface area contributed by atoms with Gasteiger partial charge in [0.25, 0.3) is 0 Å². The molecule has 3 aromatic rings. The van der Waals surface area contributed by atoms with E-state index in [9.17, 15) is 4.79 Å². The fourth-order valence-electron chi connectivity index (χ4n) is 3.16. The maximum absolute atomic E-state index is 13.0. The van der Waals surface area contributed by atoms with Crippen molar-refractivity contribution in [1.82, 2.24) is 4.98 Å². The molecule has 1 N–H and O–H groups in total. The summed E-state index contributed by atoms with van der Waals surface area (Å²) in [5.74, 6) is 1.12. The number of halogens is 1. The smallest absolute Gasteiger partial charge is 0.233 e. The van der Waals surface area contributed by atoms with E-state index in [4.69, 9.17) is 21.1 Å². The second-order valence-electron chi connectivity index (χ2n) is 6.87. The van der Waals surface area contributed by atoms with E-state index in [1.807, 2.05) is 49.6 Å². The van der Waals surface area contributed by atoms with Gasteiger partial charge in [-0.1, -0.05) is 37.6 Å². The first-order valence-electron chi connectivity index (χ1n) is 9.17. The number of aromatic nitrogens is 1. The van der Waals surface area contributed by atoms with E-state index in [1.165, 1.54) is 11.3 Å². The molecule has 0 bridgehead atoms. The lowest BCUT2D eigenvalue weighted by atomic mass is 9.88. The van der Waals surface area contributed by atoms with Crippen molar-refractivity contribution in [3.8, 4) is 22.8 Å². The average molecular weight is 431 g/mol. The third-order valence-corrected chi connectivity index (χ3v) is 5.60. The van der Waals surface area contributed by atoms with Gasteiger partial charge >= 0.3 is 0 Å². The Balaban J connectivity index is 1.84. The molecule has 7 heteroatoms. The number of nitrogens with one attached hydrogen (secondary N) is 1. The Kier molecular flexibility index (Phi) is 6.77. The predicted molar refractivity (Wildman–Crippen MR) is 118 cm³/mol. The highest BCUT2D eigenvalue weighted by Crippen LogP contribution is 2.35. The van der Waals surface area contributed by atoms with Gasteiger partial charge < -0.3 is 14.8 Å². The highest BCUT2D eigenvalue weighted by molar-refractivity contribution is 7.14. The molecule has 1 atom stereocenters. The normalized spacial score (nSPS) is 11.9. The first-order valence-corrected chi connectivity index (χ1v) is 10.4. The van der Waals surface area contributed by atoms with Crippen LogP contribution in [0.1, 0.15) is 25.3 Å². The molecule has 0 saturated heterocycles. The third-order valence-electron chi connectivity index (χ3n) is 4.60. The number of nitrogens with zero attached hydrogens (tertiary/aromatic N) is 1. The number of hydrogen-bond acceptors (Lipinski definition) is 5. The van der Waals surface area contributed by atoms with Gasteiger partial charge in [-0.3, -0.25) is 4.79 Å². The maximum Gasteiger partial charge on any atom is 0.233 e. The van der Waals surface area contributed by atoms with Crippen LogP contribution < -0.4 is 14.8 Å². The lowest BCUT2D eigenvalue weighted by Gasteiger charge is -2.20. The number of carbonyl (C=O) groups is 1. The fourth-order valence-corrected chi connectivity index (χ4v) is 4.00. The van der Waals surface area contributed by atoms with Crippen molar-refractivity contribution in [3.63, 3.8) is 0 Å². The Labute approximate surface area is 179 Å². The number of thiazole rings is 1. The number of amides is 1. The second kappa shape index (κ2) is 9.29. The molecule has 2 aromatic carbocycles. The molecular weight excluding hydrogens is 408 g/mol. The SMILES string of the molecule is COc1ccc(OC)c(-c2csc(NC(=O)C(c3ccc(Cl)cc3)C(C)C)n2)c1. The molecule has 0 spiro atoms. The summed E-state index contributed by atoms with van der Waals surface area (Å²) in [7, 11) is 3.22. The van der Waals surface area contributed by atoms with Crippen molar-refractivity contribution in [2.75, 3.05) is 19.5 Å². The molecule has 0 aliphatic carbocycles. The predicted octanol–water partition coefficient (Wildman–Crippen LogP) is 5.86. The molecule has 1 amide bonds. The van der Waals surface area contributed by atoms with Crippen molar-refractivity contribution >= 4 is 34.0 Å². The summed E-state index contributed by atoms with van der Waals surface area (Å²) >= 11 is 7.36. The zero-order chi connectivity index (χ0) is 21.0. The summed E-state index contributed by atoms with van der Waals surface area (Å²) < 4.78 is 10.7. The number of carbonyl (C=O) groups excluding carboxylic acids is 1. The Bertz CT molecular complexity index is 986. The van der Waals surface area contributed by atoms with E-state index < -0.39 is 0 Å². The molecule has 152 valence electrons. The van der Waals surface area contributed by atoms with E-state index in [-0.39, 0.29) is 17.7 Å². The molecule has 1 unspecified atom stereocenters. The van der Waals surface area contributed by atoms with Gasteiger partial charge in [-0.05, 0) is 41.8 Å². The first-order chi connectivity index (χ1) is 13.9. The van der Waals surface area contributed by atoms with Crippen LogP contribution >= 0.6 is 22.9 Å². The summed E-state index contributed by atoms with van der Waals surface area (Å²) in [6.07, 6.45) is 0. The van der Waals surface area contributed by atoms with Crippen molar-refractivity contribution in [2.45, 2.75) is 19.8 Å². The number of rotatable bonds is 7. The summed E-state index contributed by atoms with van der Waals surface area (Å²) in [4.78, 5) is 17.6. The monoisotopic (exact) mass is 430 g/mol. The summed E-state index contributed by atoms with van der Waals surface area (Å²) in [6, 6.07) is 12.9. The van der Waals surface area contributed by atoms with Crippen LogP contribution in [0.3, 0.4) is 0 Å². The summed E-state index contributed by atoms with van der Waals surface area (Å²) in [6.45, 7) is 4.04. The molecule has 0 aliphatic rings. The Morgan fingerprint density at radius 1 is 1.10 bits per heavy atom. The highest BCUT2D eigenvalue weighted by atomic mass is 35.5. The average Bonchev–Trinajstić information content (AvgIpc) is 3.17. The Hall–Kier alpha value is -2.57. The number of hydrogen-bond donors (Lipinski definition) is 1. The van der Waals surface area contributed by atoms with Crippen molar-refractivity contribution in [1.29, 1.82) is 0 Å². The zero-order valence-corrected chi connectivity index (χ0v) is 18.3. The number of ether oxygens (including phenoxy) is 2. The van der Waals surface area contributed by atoms with E-state index >= 15 is 0 Å². The van der Waals surface area contributed by atoms with Gasteiger partial charge in [0.15, 0.2) is 5.13 Å². The molecule has 29 heavy (non-hydrogen) atoms. The van der Waals surface area contributed by atoms with Crippen molar-refractivity contribution in [3.05, 3.63) is 58.4 Å². The molecule has 0 fully saturated rings. The Morgan fingerprint density at radius 3 is 2.45 bits per heavy atom. The topological polar surface area (TPSA) is 60.5 Å². The minimum absolute atomic E-state index is 0.0965. The van der Waals surface area contributed by atoms with Crippen LogP contribution in [0.4, 0.5) is 5.13 Å². The van der Waals surface area contributed by atoms with Crippen LogP contribution in [-0.2, 0) is 4.79 Å². The minimum atomic E-state index is -0.300. The molecule has 1 heterocycles. The van der Waals surface area contributed by atoms with Gasteiger partial charge in [0, 0.05) is 16.0 Å². The van der Waals surface area contributed by atoms with Crippen LogP contribution in [-0.4, -0.2) is 25.1 Å². The van der Waals surface area contributed by atoms with Gasteiger partial charge in [0.05, 0.1) is 25.8 Å². The van der Waals surface area contributed by atoms with Gasteiger partial charge in [-0.2, -0.15) is 0 Å². The van der Waals surface area contributed by atoms with E-state index in [1.54, 1.807) is 26.4 Å². The number of methoxy groups -OCH3 is 2. The fraction of sp³-hybridized carbons (Fsp3) is 0.273.